The maximum Gasteiger partial charge on any atom is 0.271 e. The molecule has 0 radical (unpaired) electrons. The highest BCUT2D eigenvalue weighted by Crippen LogP contribution is 2.40. The van der Waals surface area contributed by atoms with Gasteiger partial charge in [-0.1, -0.05) is 18.2 Å². The lowest BCUT2D eigenvalue weighted by Gasteiger charge is -2.14. The molecule has 2 aromatic carbocycles. The number of hydrogen-bond donors (Lipinski definition) is 1. The van der Waals surface area contributed by atoms with Crippen molar-refractivity contribution in [1.82, 2.24) is 0 Å². The average Bonchev–Trinajstić information content (AvgIpc) is 3.14. The quantitative estimate of drug-likeness (QED) is 0.847. The summed E-state index contributed by atoms with van der Waals surface area (Å²) in [4.78, 5) is 14.2. The van der Waals surface area contributed by atoms with E-state index in [1.54, 1.807) is 36.4 Å². The molecule has 0 saturated carbocycles. The van der Waals surface area contributed by atoms with Crippen LogP contribution in [0.4, 0.5) is 10.1 Å². The predicted molar refractivity (Wildman–Crippen MR) is 89.7 cm³/mol. The minimum atomic E-state index is -0.411. The third-order valence-electron chi connectivity index (χ3n) is 3.63. The summed E-state index contributed by atoms with van der Waals surface area (Å²) < 4.78 is 24.3. The molecule has 2 aliphatic rings. The zero-order chi connectivity index (χ0) is 16.7. The number of ether oxygens (including phenoxy) is 2. The first kappa shape index (κ1) is 14.8. The number of amidine groups is 1. The Morgan fingerprint density at radius 2 is 1.96 bits per heavy atom. The average molecular weight is 342 g/mol. The Morgan fingerprint density at radius 3 is 2.79 bits per heavy atom. The molecule has 0 aliphatic carbocycles. The number of benzene rings is 2. The molecule has 7 heteroatoms. The van der Waals surface area contributed by atoms with Gasteiger partial charge < -0.3 is 9.47 Å². The highest BCUT2D eigenvalue weighted by molar-refractivity contribution is 8.19. The van der Waals surface area contributed by atoms with E-state index in [9.17, 15) is 9.18 Å². The summed E-state index contributed by atoms with van der Waals surface area (Å²) in [6.07, 6.45) is 1.46. The lowest BCUT2D eigenvalue weighted by atomic mass is 10.2. The second kappa shape index (κ2) is 5.68. The van der Waals surface area contributed by atoms with E-state index in [-0.39, 0.29) is 17.9 Å². The number of carbonyl (C=O) groups excluding carboxylic acids is 1. The number of halogens is 1. The summed E-state index contributed by atoms with van der Waals surface area (Å²) in [5.41, 5.74) is 0.826. The number of anilines is 1. The van der Waals surface area contributed by atoms with Gasteiger partial charge in [0.15, 0.2) is 16.7 Å². The molecule has 1 N–H and O–H groups in total. The van der Waals surface area contributed by atoms with Crippen LogP contribution in [0.15, 0.2) is 47.4 Å². The maximum absolute atomic E-state index is 13.8. The molecular formula is C17H11FN2O3S. The molecule has 120 valence electrons. The fourth-order valence-corrected chi connectivity index (χ4v) is 3.33. The van der Waals surface area contributed by atoms with Crippen molar-refractivity contribution in [2.24, 2.45) is 0 Å². The van der Waals surface area contributed by atoms with Crippen molar-refractivity contribution in [2.45, 2.75) is 0 Å². The molecule has 1 fully saturated rings. The van der Waals surface area contributed by atoms with Crippen LogP contribution >= 0.6 is 11.8 Å². The molecule has 5 nitrogen and oxygen atoms in total. The topological polar surface area (TPSA) is 62.6 Å². The second-order valence-electron chi connectivity index (χ2n) is 5.12. The van der Waals surface area contributed by atoms with Gasteiger partial charge in [0, 0.05) is 11.6 Å². The smallest absolute Gasteiger partial charge is 0.271 e. The number of hydrogen-bond acceptors (Lipinski definition) is 5. The summed E-state index contributed by atoms with van der Waals surface area (Å²) in [5.74, 6) is 0.356. The van der Waals surface area contributed by atoms with Crippen LogP contribution in [0.25, 0.3) is 6.08 Å². The molecule has 0 aromatic heterocycles. The summed E-state index contributed by atoms with van der Waals surface area (Å²) >= 11 is 0.995. The molecule has 0 unspecified atom stereocenters. The molecule has 0 bridgehead atoms. The van der Waals surface area contributed by atoms with Crippen molar-refractivity contribution in [1.29, 1.82) is 5.41 Å². The number of rotatable bonds is 2. The van der Waals surface area contributed by atoms with E-state index in [2.05, 4.69) is 0 Å². The van der Waals surface area contributed by atoms with Crippen LogP contribution in [0.1, 0.15) is 5.56 Å². The van der Waals surface area contributed by atoms with E-state index in [0.29, 0.717) is 27.7 Å². The summed E-state index contributed by atoms with van der Waals surface area (Å²) in [7, 11) is 0. The molecule has 4 rings (SSSR count). The minimum absolute atomic E-state index is 0.0569. The standard InChI is InChI=1S/C17H11FN2O3S/c18-12-4-2-1-3-10(12)7-15-16(21)20(17(19)24-15)11-5-6-13-14(8-11)23-9-22-13/h1-8,19H,9H2/b15-7-,19-17?. The Labute approximate surface area is 141 Å². The normalized spacial score (nSPS) is 17.9. The molecule has 1 amide bonds. The molecule has 2 aliphatic heterocycles. The van der Waals surface area contributed by atoms with Gasteiger partial charge in [-0.15, -0.1) is 0 Å². The van der Waals surface area contributed by atoms with Gasteiger partial charge in [-0.05, 0) is 36.0 Å². The molecule has 2 aromatic rings. The Kier molecular flexibility index (Phi) is 3.50. The summed E-state index contributed by atoms with van der Waals surface area (Å²) in [6, 6.07) is 11.2. The van der Waals surface area contributed by atoms with Crippen molar-refractivity contribution in [3.63, 3.8) is 0 Å². The Morgan fingerprint density at radius 1 is 1.17 bits per heavy atom. The van der Waals surface area contributed by atoms with Crippen molar-refractivity contribution in [3.05, 3.63) is 58.8 Å². The number of fused-ring (bicyclic) bond motifs is 1. The van der Waals surface area contributed by atoms with Gasteiger partial charge in [0.1, 0.15) is 5.82 Å². The monoisotopic (exact) mass is 342 g/mol. The maximum atomic E-state index is 13.8. The van der Waals surface area contributed by atoms with E-state index in [1.165, 1.54) is 17.0 Å². The van der Waals surface area contributed by atoms with Gasteiger partial charge in [0.25, 0.3) is 5.91 Å². The Hall–Kier alpha value is -2.80. The van der Waals surface area contributed by atoms with Crippen LogP contribution in [0.5, 0.6) is 11.5 Å². The van der Waals surface area contributed by atoms with Gasteiger partial charge in [-0.3, -0.25) is 15.1 Å². The van der Waals surface area contributed by atoms with Crippen molar-refractivity contribution in [2.75, 3.05) is 11.7 Å². The molecule has 1 saturated heterocycles. The van der Waals surface area contributed by atoms with Crippen molar-refractivity contribution in [3.8, 4) is 11.5 Å². The zero-order valence-corrected chi connectivity index (χ0v) is 13.1. The SMILES string of the molecule is N=C1S/C(=C\c2ccccc2F)C(=O)N1c1ccc2c(c1)OCO2. The largest absolute Gasteiger partial charge is 0.454 e. The van der Waals surface area contributed by atoms with Crippen molar-refractivity contribution >= 4 is 34.6 Å². The molecule has 24 heavy (non-hydrogen) atoms. The van der Waals surface area contributed by atoms with Crippen LogP contribution in [0, 0.1) is 11.2 Å². The van der Waals surface area contributed by atoms with Gasteiger partial charge in [-0.25, -0.2) is 4.39 Å². The third-order valence-corrected chi connectivity index (χ3v) is 4.52. The van der Waals surface area contributed by atoms with E-state index < -0.39 is 5.82 Å². The van der Waals surface area contributed by atoms with Crippen LogP contribution in [-0.4, -0.2) is 17.9 Å². The Bertz CT molecular complexity index is 897. The summed E-state index contributed by atoms with van der Waals surface area (Å²) in [6.45, 7) is 0.136. The van der Waals surface area contributed by atoms with Crippen LogP contribution in [-0.2, 0) is 4.79 Å². The van der Waals surface area contributed by atoms with Gasteiger partial charge in [0.2, 0.25) is 6.79 Å². The number of nitrogens with zero attached hydrogens (tertiary/aromatic N) is 1. The minimum Gasteiger partial charge on any atom is -0.454 e. The highest BCUT2D eigenvalue weighted by Gasteiger charge is 2.34. The molecule has 0 atom stereocenters. The van der Waals surface area contributed by atoms with Crippen LogP contribution in [0.3, 0.4) is 0 Å². The third kappa shape index (κ3) is 2.43. The first-order valence-corrected chi connectivity index (χ1v) is 7.92. The lowest BCUT2D eigenvalue weighted by Crippen LogP contribution is -2.28. The fourth-order valence-electron chi connectivity index (χ4n) is 2.48. The molecule has 2 heterocycles. The summed E-state index contributed by atoms with van der Waals surface area (Å²) in [5, 5.41) is 8.14. The zero-order valence-electron chi connectivity index (χ0n) is 12.3. The van der Waals surface area contributed by atoms with Crippen molar-refractivity contribution < 1.29 is 18.7 Å². The van der Waals surface area contributed by atoms with Crippen LogP contribution in [0.2, 0.25) is 0 Å². The fraction of sp³-hybridized carbons (Fsp3) is 0.0588. The first-order chi connectivity index (χ1) is 11.6. The van der Waals surface area contributed by atoms with E-state index in [0.717, 1.165) is 11.8 Å². The first-order valence-electron chi connectivity index (χ1n) is 7.10. The van der Waals surface area contributed by atoms with E-state index in [4.69, 9.17) is 14.9 Å². The number of amides is 1. The predicted octanol–water partition coefficient (Wildman–Crippen LogP) is 3.61. The van der Waals surface area contributed by atoms with Gasteiger partial charge in [-0.2, -0.15) is 0 Å². The molecule has 0 spiro atoms. The van der Waals surface area contributed by atoms with Gasteiger partial charge >= 0.3 is 0 Å². The highest BCUT2D eigenvalue weighted by atomic mass is 32.2. The van der Waals surface area contributed by atoms with Crippen LogP contribution < -0.4 is 14.4 Å². The lowest BCUT2D eigenvalue weighted by molar-refractivity contribution is -0.113. The van der Waals surface area contributed by atoms with E-state index in [1.807, 2.05) is 0 Å². The Balaban J connectivity index is 1.68. The number of nitrogens with one attached hydrogen (secondary N) is 1. The van der Waals surface area contributed by atoms with E-state index >= 15 is 0 Å². The second-order valence-corrected chi connectivity index (χ2v) is 6.15. The number of thioether (sulfide) groups is 1. The van der Waals surface area contributed by atoms with Gasteiger partial charge in [0.05, 0.1) is 10.6 Å². The number of carbonyl (C=O) groups is 1. The molecular weight excluding hydrogens is 331 g/mol.